The van der Waals surface area contributed by atoms with Gasteiger partial charge in [0.2, 0.25) is 0 Å². The third kappa shape index (κ3) is 2.40. The van der Waals surface area contributed by atoms with Gasteiger partial charge in [-0.1, -0.05) is 13.8 Å². The van der Waals surface area contributed by atoms with Gasteiger partial charge in [0.05, 0.1) is 0 Å². The lowest BCUT2D eigenvalue weighted by Crippen LogP contribution is -2.42. The Morgan fingerprint density at radius 1 is 1.25 bits per heavy atom. The van der Waals surface area contributed by atoms with Gasteiger partial charge in [-0.15, -0.1) is 0 Å². The molecule has 0 radical (unpaired) electrons. The Balaban J connectivity index is 2.10. The number of aromatic nitrogens is 1. The number of pyridine rings is 1. The molecule has 0 aromatic carbocycles. The lowest BCUT2D eigenvalue weighted by atomic mass is 9.91. The van der Waals surface area contributed by atoms with Crippen molar-refractivity contribution in [3.05, 3.63) is 30.1 Å². The highest BCUT2D eigenvalue weighted by Crippen LogP contribution is 2.22. The molecule has 2 rings (SSSR count). The van der Waals surface area contributed by atoms with Gasteiger partial charge < -0.3 is 4.90 Å². The summed E-state index contributed by atoms with van der Waals surface area (Å²) in [5.41, 5.74) is 0.747. The molecule has 0 saturated carbocycles. The van der Waals surface area contributed by atoms with Crippen LogP contribution in [0.2, 0.25) is 0 Å². The maximum Gasteiger partial charge on any atom is 0.253 e. The van der Waals surface area contributed by atoms with Crippen molar-refractivity contribution in [2.45, 2.75) is 20.3 Å². The second-order valence-corrected chi connectivity index (χ2v) is 4.89. The fraction of sp³-hybridized carbons (Fsp3) is 0.538. The first-order chi connectivity index (χ1) is 7.66. The number of rotatable bonds is 1. The Morgan fingerprint density at radius 2 is 1.81 bits per heavy atom. The largest absolute Gasteiger partial charge is 0.338 e. The van der Waals surface area contributed by atoms with Crippen LogP contribution in [0.3, 0.4) is 0 Å². The number of hydrogen-bond acceptors (Lipinski definition) is 2. The first kappa shape index (κ1) is 11.1. The van der Waals surface area contributed by atoms with E-state index in [1.165, 1.54) is 6.42 Å². The molecule has 0 bridgehead atoms. The molecular weight excluding hydrogens is 200 g/mol. The monoisotopic (exact) mass is 218 g/mol. The highest BCUT2D eigenvalue weighted by molar-refractivity contribution is 5.94. The highest BCUT2D eigenvalue weighted by Gasteiger charge is 2.25. The van der Waals surface area contributed by atoms with Crippen LogP contribution in [-0.2, 0) is 0 Å². The molecule has 86 valence electrons. The molecule has 1 aliphatic heterocycles. The van der Waals surface area contributed by atoms with Gasteiger partial charge in [0, 0.05) is 31.0 Å². The predicted octanol–water partition coefficient (Wildman–Crippen LogP) is 2.20. The Labute approximate surface area is 96.5 Å². The normalized spacial score (nSPS) is 25.5. The molecule has 16 heavy (non-hydrogen) atoms. The van der Waals surface area contributed by atoms with Crippen molar-refractivity contribution in [1.29, 1.82) is 0 Å². The van der Waals surface area contributed by atoms with Gasteiger partial charge in [-0.3, -0.25) is 9.78 Å². The molecule has 2 atom stereocenters. The van der Waals surface area contributed by atoms with Crippen LogP contribution in [0.1, 0.15) is 30.6 Å². The third-order valence-electron chi connectivity index (χ3n) is 3.08. The Hall–Kier alpha value is -1.38. The Kier molecular flexibility index (Phi) is 3.22. The minimum Gasteiger partial charge on any atom is -0.338 e. The predicted molar refractivity (Wildman–Crippen MR) is 63.1 cm³/mol. The SMILES string of the molecule is C[C@@H]1C[C@H](C)CN(C(=O)c2ccncc2)C1. The molecule has 0 N–H and O–H groups in total. The molecule has 1 saturated heterocycles. The topological polar surface area (TPSA) is 33.2 Å². The van der Waals surface area contributed by atoms with Crippen LogP contribution in [0.15, 0.2) is 24.5 Å². The molecule has 3 nitrogen and oxygen atoms in total. The van der Waals surface area contributed by atoms with Gasteiger partial charge in [-0.25, -0.2) is 0 Å². The van der Waals surface area contributed by atoms with Gasteiger partial charge in [-0.05, 0) is 30.4 Å². The molecule has 1 amide bonds. The molecule has 1 aromatic rings. The van der Waals surface area contributed by atoms with Gasteiger partial charge in [0.25, 0.3) is 5.91 Å². The fourth-order valence-electron chi connectivity index (χ4n) is 2.51. The third-order valence-corrected chi connectivity index (χ3v) is 3.08. The molecule has 1 fully saturated rings. The average Bonchev–Trinajstić information content (AvgIpc) is 2.28. The van der Waals surface area contributed by atoms with Crippen LogP contribution in [0, 0.1) is 11.8 Å². The van der Waals surface area contributed by atoms with Gasteiger partial charge in [0.1, 0.15) is 0 Å². The van der Waals surface area contributed by atoms with Crippen molar-refractivity contribution in [3.8, 4) is 0 Å². The summed E-state index contributed by atoms with van der Waals surface area (Å²) < 4.78 is 0. The summed E-state index contributed by atoms with van der Waals surface area (Å²) in [7, 11) is 0. The quantitative estimate of drug-likeness (QED) is 0.724. The van der Waals surface area contributed by atoms with E-state index in [2.05, 4.69) is 18.8 Å². The summed E-state index contributed by atoms with van der Waals surface area (Å²) in [5.74, 6) is 1.35. The van der Waals surface area contributed by atoms with E-state index < -0.39 is 0 Å². The average molecular weight is 218 g/mol. The maximum atomic E-state index is 12.2. The van der Waals surface area contributed by atoms with E-state index in [4.69, 9.17) is 0 Å². The number of likely N-dealkylation sites (tertiary alicyclic amines) is 1. The molecule has 1 aliphatic rings. The van der Waals surface area contributed by atoms with E-state index in [9.17, 15) is 4.79 Å². The summed E-state index contributed by atoms with van der Waals surface area (Å²) in [6.07, 6.45) is 4.56. The summed E-state index contributed by atoms with van der Waals surface area (Å²) >= 11 is 0. The second kappa shape index (κ2) is 4.64. The first-order valence-electron chi connectivity index (χ1n) is 5.86. The molecule has 3 heteroatoms. The zero-order valence-electron chi connectivity index (χ0n) is 9.89. The van der Waals surface area contributed by atoms with E-state index in [1.54, 1.807) is 24.5 Å². The number of hydrogen-bond donors (Lipinski definition) is 0. The van der Waals surface area contributed by atoms with Crippen LogP contribution in [-0.4, -0.2) is 28.9 Å². The number of amides is 1. The van der Waals surface area contributed by atoms with E-state index in [-0.39, 0.29) is 5.91 Å². The Morgan fingerprint density at radius 3 is 2.38 bits per heavy atom. The number of piperidine rings is 1. The summed E-state index contributed by atoms with van der Waals surface area (Å²) in [6, 6.07) is 3.57. The molecule has 0 aliphatic carbocycles. The number of carbonyl (C=O) groups excluding carboxylic acids is 1. The first-order valence-corrected chi connectivity index (χ1v) is 5.86. The standard InChI is InChI=1S/C13H18N2O/c1-10-7-11(2)9-15(8-10)13(16)12-3-5-14-6-4-12/h3-6,10-11H,7-9H2,1-2H3/t10-,11+. The summed E-state index contributed by atoms with van der Waals surface area (Å²) in [6.45, 7) is 6.18. The minimum absolute atomic E-state index is 0.140. The zero-order valence-corrected chi connectivity index (χ0v) is 9.89. The maximum absolute atomic E-state index is 12.2. The molecule has 2 heterocycles. The fourth-order valence-corrected chi connectivity index (χ4v) is 2.51. The Bertz CT molecular complexity index is 353. The van der Waals surface area contributed by atoms with Gasteiger partial charge in [-0.2, -0.15) is 0 Å². The van der Waals surface area contributed by atoms with Crippen LogP contribution in [0.4, 0.5) is 0 Å². The van der Waals surface area contributed by atoms with E-state index >= 15 is 0 Å². The van der Waals surface area contributed by atoms with Crippen LogP contribution in [0.5, 0.6) is 0 Å². The van der Waals surface area contributed by atoms with Crippen molar-refractivity contribution in [2.75, 3.05) is 13.1 Å². The molecule has 0 spiro atoms. The summed E-state index contributed by atoms with van der Waals surface area (Å²) in [4.78, 5) is 18.1. The van der Waals surface area contributed by atoms with Crippen LogP contribution in [0.25, 0.3) is 0 Å². The number of nitrogens with zero attached hydrogens (tertiary/aromatic N) is 2. The molecular formula is C13H18N2O. The molecule has 1 aromatic heterocycles. The second-order valence-electron chi connectivity index (χ2n) is 4.89. The van der Waals surface area contributed by atoms with E-state index in [0.717, 1.165) is 18.7 Å². The highest BCUT2D eigenvalue weighted by atomic mass is 16.2. The lowest BCUT2D eigenvalue weighted by molar-refractivity contribution is 0.0623. The smallest absolute Gasteiger partial charge is 0.253 e. The van der Waals surface area contributed by atoms with Gasteiger partial charge >= 0.3 is 0 Å². The van der Waals surface area contributed by atoms with Crippen molar-refractivity contribution in [2.24, 2.45) is 11.8 Å². The van der Waals surface area contributed by atoms with Crippen LogP contribution < -0.4 is 0 Å². The summed E-state index contributed by atoms with van der Waals surface area (Å²) in [5, 5.41) is 0. The minimum atomic E-state index is 0.140. The molecule has 0 unspecified atom stereocenters. The van der Waals surface area contributed by atoms with E-state index in [1.807, 2.05) is 4.90 Å². The van der Waals surface area contributed by atoms with Crippen molar-refractivity contribution in [1.82, 2.24) is 9.88 Å². The van der Waals surface area contributed by atoms with Crippen molar-refractivity contribution < 1.29 is 4.79 Å². The van der Waals surface area contributed by atoms with Crippen molar-refractivity contribution in [3.63, 3.8) is 0 Å². The van der Waals surface area contributed by atoms with E-state index in [0.29, 0.717) is 11.8 Å². The number of carbonyl (C=O) groups is 1. The zero-order chi connectivity index (χ0) is 11.5. The van der Waals surface area contributed by atoms with Gasteiger partial charge in [0.15, 0.2) is 0 Å². The van der Waals surface area contributed by atoms with Crippen molar-refractivity contribution >= 4 is 5.91 Å². The van der Waals surface area contributed by atoms with Crippen LogP contribution >= 0.6 is 0 Å². The lowest BCUT2D eigenvalue weighted by Gasteiger charge is -2.35.